The average Bonchev–Trinajstić information content (AvgIpc) is 2.98. The molecule has 0 aromatic heterocycles. The minimum absolute atomic E-state index is 0.195. The van der Waals surface area contributed by atoms with Crippen molar-refractivity contribution in [3.63, 3.8) is 0 Å². The first-order valence-electron chi connectivity index (χ1n) is 8.05. The van der Waals surface area contributed by atoms with E-state index < -0.39 is 12.6 Å². The molecule has 2 aromatic rings. The molecule has 29 heavy (non-hydrogen) atoms. The summed E-state index contributed by atoms with van der Waals surface area (Å²) in [4.78, 5) is 23.4. The molecule has 1 saturated heterocycles. The van der Waals surface area contributed by atoms with Crippen LogP contribution < -0.4 is 14.8 Å². The Morgan fingerprint density at radius 2 is 2.03 bits per heavy atom. The van der Waals surface area contributed by atoms with Crippen LogP contribution in [0.2, 0.25) is 10.0 Å². The number of nitrogens with one attached hydrogen (secondary N) is 1. The third-order valence-corrected chi connectivity index (χ3v) is 5.52. The zero-order valence-corrected chi connectivity index (χ0v) is 18.0. The number of amides is 1. The summed E-state index contributed by atoms with van der Waals surface area (Å²) in [5, 5.41) is 12.4. The molecule has 1 heterocycles. The van der Waals surface area contributed by atoms with Crippen LogP contribution in [-0.4, -0.2) is 35.0 Å². The Kier molecular flexibility index (Phi) is 6.69. The maximum atomic E-state index is 12.0. The molecule has 1 amide bonds. The van der Waals surface area contributed by atoms with Crippen LogP contribution in [0.4, 0.5) is 0 Å². The number of benzene rings is 2. The Hall–Kier alpha value is -2.26. The van der Waals surface area contributed by atoms with Gasteiger partial charge in [-0.3, -0.25) is 4.79 Å². The lowest BCUT2D eigenvalue weighted by molar-refractivity contribution is -0.139. The average molecular weight is 470 g/mol. The maximum absolute atomic E-state index is 12.0. The molecule has 0 spiro atoms. The van der Waals surface area contributed by atoms with Crippen molar-refractivity contribution in [3.8, 4) is 22.6 Å². The molecule has 150 valence electrons. The second kappa shape index (κ2) is 9.04. The number of thioether (sulfide) groups is 1. The standard InChI is InChI=1S/C19H13Cl2NO5S2/c1-26-14-5-9(6-15-18(25)22-19(28)29-15)4-12(17(14)27-8-16(23)24)11-7-10(20)2-3-13(11)21/h2-7H,8H2,1H3,(H,23,24)(H,22,25,28). The highest BCUT2D eigenvalue weighted by atomic mass is 35.5. The molecule has 0 aliphatic carbocycles. The van der Waals surface area contributed by atoms with Gasteiger partial charge in [0.25, 0.3) is 5.91 Å². The first-order chi connectivity index (χ1) is 13.8. The van der Waals surface area contributed by atoms with E-state index in [9.17, 15) is 9.59 Å². The largest absolute Gasteiger partial charge is 0.493 e. The number of carboxylic acids is 1. The molecule has 2 N–H and O–H groups in total. The Balaban J connectivity index is 2.20. The highest BCUT2D eigenvalue weighted by molar-refractivity contribution is 8.26. The number of rotatable bonds is 6. The molecule has 6 nitrogen and oxygen atoms in total. The van der Waals surface area contributed by atoms with E-state index >= 15 is 0 Å². The van der Waals surface area contributed by atoms with Crippen molar-refractivity contribution in [1.29, 1.82) is 0 Å². The zero-order chi connectivity index (χ0) is 21.1. The SMILES string of the molecule is COc1cc(C=C2SC(=S)NC2=O)cc(-c2cc(Cl)ccc2Cl)c1OCC(=O)O. The number of carbonyl (C=O) groups excluding carboxylic acids is 1. The molecule has 1 aliphatic rings. The van der Waals surface area contributed by atoms with Gasteiger partial charge in [-0.1, -0.05) is 47.2 Å². The van der Waals surface area contributed by atoms with Crippen molar-refractivity contribution in [3.05, 3.63) is 50.8 Å². The van der Waals surface area contributed by atoms with E-state index in [1.54, 1.807) is 36.4 Å². The predicted molar refractivity (Wildman–Crippen MR) is 118 cm³/mol. The summed E-state index contributed by atoms with van der Waals surface area (Å²) in [6.45, 7) is -0.575. The van der Waals surface area contributed by atoms with Crippen molar-refractivity contribution in [2.45, 2.75) is 0 Å². The number of ether oxygens (including phenoxy) is 2. The second-order valence-electron chi connectivity index (χ2n) is 5.76. The summed E-state index contributed by atoms with van der Waals surface area (Å²) in [6.07, 6.45) is 1.64. The molecule has 1 aliphatic heterocycles. The van der Waals surface area contributed by atoms with Crippen LogP contribution in [0.1, 0.15) is 5.56 Å². The highest BCUT2D eigenvalue weighted by Gasteiger charge is 2.23. The van der Waals surface area contributed by atoms with E-state index in [0.29, 0.717) is 36.0 Å². The third-order valence-electron chi connectivity index (χ3n) is 3.80. The number of hydrogen-bond donors (Lipinski definition) is 2. The first kappa shape index (κ1) is 21.4. The quantitative estimate of drug-likeness (QED) is 0.471. The van der Waals surface area contributed by atoms with Crippen LogP contribution in [0.25, 0.3) is 17.2 Å². The fourth-order valence-corrected chi connectivity index (χ4v) is 4.05. The first-order valence-corrected chi connectivity index (χ1v) is 10.0. The number of halogens is 2. The Labute approximate surface area is 185 Å². The van der Waals surface area contributed by atoms with Crippen LogP contribution in [0.3, 0.4) is 0 Å². The molecular formula is C19H13Cl2NO5S2. The van der Waals surface area contributed by atoms with Gasteiger partial charge in [0.1, 0.15) is 4.32 Å². The van der Waals surface area contributed by atoms with Gasteiger partial charge in [-0.25, -0.2) is 4.79 Å². The summed E-state index contributed by atoms with van der Waals surface area (Å²) < 4.78 is 11.3. The minimum Gasteiger partial charge on any atom is -0.493 e. The maximum Gasteiger partial charge on any atom is 0.341 e. The van der Waals surface area contributed by atoms with E-state index in [0.717, 1.165) is 11.8 Å². The number of hydrogen-bond acceptors (Lipinski definition) is 6. The lowest BCUT2D eigenvalue weighted by Gasteiger charge is -2.17. The molecule has 0 saturated carbocycles. The molecule has 0 radical (unpaired) electrons. The smallest absolute Gasteiger partial charge is 0.341 e. The summed E-state index contributed by atoms with van der Waals surface area (Å²) in [5.74, 6) is -0.973. The highest BCUT2D eigenvalue weighted by Crippen LogP contribution is 2.43. The number of methoxy groups -OCH3 is 1. The third kappa shape index (κ3) is 5.02. The predicted octanol–water partition coefficient (Wildman–Crippen LogP) is 4.62. The van der Waals surface area contributed by atoms with Crippen molar-refractivity contribution >= 4 is 69.5 Å². The number of carboxylic acid groups (broad SMARTS) is 1. The minimum atomic E-state index is -1.14. The van der Waals surface area contributed by atoms with Gasteiger partial charge in [0.2, 0.25) is 0 Å². The van der Waals surface area contributed by atoms with Gasteiger partial charge in [-0.2, -0.15) is 0 Å². The fraction of sp³-hybridized carbons (Fsp3) is 0.105. The van der Waals surface area contributed by atoms with Gasteiger partial charge in [0, 0.05) is 21.2 Å². The monoisotopic (exact) mass is 469 g/mol. The Morgan fingerprint density at radius 1 is 1.28 bits per heavy atom. The van der Waals surface area contributed by atoms with E-state index in [4.69, 9.17) is 50.0 Å². The van der Waals surface area contributed by atoms with E-state index in [2.05, 4.69) is 5.32 Å². The van der Waals surface area contributed by atoms with Crippen LogP contribution in [0, 0.1) is 0 Å². The van der Waals surface area contributed by atoms with Gasteiger partial charge in [0.15, 0.2) is 18.1 Å². The van der Waals surface area contributed by atoms with Crippen molar-refractivity contribution < 1.29 is 24.2 Å². The summed E-state index contributed by atoms with van der Waals surface area (Å²) >= 11 is 18.6. The van der Waals surface area contributed by atoms with E-state index in [1.165, 1.54) is 7.11 Å². The lowest BCUT2D eigenvalue weighted by Crippen LogP contribution is -2.17. The van der Waals surface area contributed by atoms with Crippen LogP contribution in [0.5, 0.6) is 11.5 Å². The van der Waals surface area contributed by atoms with Crippen molar-refractivity contribution in [1.82, 2.24) is 5.32 Å². The molecule has 0 bridgehead atoms. The van der Waals surface area contributed by atoms with Gasteiger partial charge in [-0.05, 0) is 42.0 Å². The van der Waals surface area contributed by atoms with Gasteiger partial charge in [-0.15, -0.1) is 0 Å². The summed E-state index contributed by atoms with van der Waals surface area (Å²) in [7, 11) is 1.43. The van der Waals surface area contributed by atoms with Gasteiger partial charge < -0.3 is 19.9 Å². The molecule has 0 atom stereocenters. The van der Waals surface area contributed by atoms with Crippen molar-refractivity contribution in [2.24, 2.45) is 0 Å². The molecular weight excluding hydrogens is 457 g/mol. The molecule has 0 unspecified atom stereocenters. The van der Waals surface area contributed by atoms with E-state index in [1.807, 2.05) is 0 Å². The van der Waals surface area contributed by atoms with Gasteiger partial charge >= 0.3 is 5.97 Å². The van der Waals surface area contributed by atoms with Crippen LogP contribution in [0.15, 0.2) is 35.2 Å². The molecule has 1 fully saturated rings. The fourth-order valence-electron chi connectivity index (χ4n) is 2.62. The molecule has 3 rings (SSSR count). The molecule has 2 aromatic carbocycles. The number of carbonyl (C=O) groups is 2. The molecule has 10 heteroatoms. The Bertz CT molecular complexity index is 1060. The topological polar surface area (TPSA) is 84.9 Å². The number of aliphatic carboxylic acids is 1. The normalized spacial score (nSPS) is 14.8. The second-order valence-corrected chi connectivity index (χ2v) is 8.32. The zero-order valence-electron chi connectivity index (χ0n) is 14.8. The Morgan fingerprint density at radius 3 is 2.66 bits per heavy atom. The van der Waals surface area contributed by atoms with Crippen LogP contribution in [-0.2, 0) is 9.59 Å². The summed E-state index contributed by atoms with van der Waals surface area (Å²) in [5.41, 5.74) is 1.60. The van der Waals surface area contributed by atoms with Gasteiger partial charge in [0.05, 0.1) is 12.0 Å². The lowest BCUT2D eigenvalue weighted by atomic mass is 10.0. The van der Waals surface area contributed by atoms with E-state index in [-0.39, 0.29) is 17.4 Å². The summed E-state index contributed by atoms with van der Waals surface area (Å²) in [6, 6.07) is 8.22. The van der Waals surface area contributed by atoms with Crippen molar-refractivity contribution in [2.75, 3.05) is 13.7 Å². The number of thiocarbonyl (C=S) groups is 1. The van der Waals surface area contributed by atoms with Crippen LogP contribution >= 0.6 is 47.2 Å².